The highest BCUT2D eigenvalue weighted by Gasteiger charge is 2.15. The van der Waals surface area contributed by atoms with Crippen LogP contribution >= 0.6 is 0 Å². The molecule has 2 heterocycles. The SMILES string of the molecule is Cc1nc(-c2nn(-c3ccccc3)c(=O)[nH]c2=O)no1. The number of nitrogens with zero attached hydrogens (tertiary/aromatic N) is 4. The summed E-state index contributed by atoms with van der Waals surface area (Å²) in [6, 6.07) is 8.71. The Hall–Kier alpha value is -3.03. The molecule has 0 amide bonds. The standard InChI is InChI=1S/C12H9N5O3/c1-7-13-10(16-20-7)9-11(18)14-12(19)17(15-9)8-5-3-2-4-6-8/h2-6H,1H3,(H,14,18,19). The van der Waals surface area contributed by atoms with Crippen molar-refractivity contribution >= 4 is 0 Å². The molecule has 20 heavy (non-hydrogen) atoms. The normalized spacial score (nSPS) is 10.7. The predicted octanol–water partition coefficient (Wildman–Crippen LogP) is 0.279. The van der Waals surface area contributed by atoms with Crippen LogP contribution in [0.2, 0.25) is 0 Å². The van der Waals surface area contributed by atoms with Gasteiger partial charge in [0.1, 0.15) is 0 Å². The Balaban J connectivity index is 2.23. The van der Waals surface area contributed by atoms with Crippen molar-refractivity contribution in [2.45, 2.75) is 6.92 Å². The van der Waals surface area contributed by atoms with Gasteiger partial charge in [-0.2, -0.15) is 14.8 Å². The van der Waals surface area contributed by atoms with Crippen molar-refractivity contribution in [3.8, 4) is 17.2 Å². The van der Waals surface area contributed by atoms with Crippen molar-refractivity contribution in [3.63, 3.8) is 0 Å². The van der Waals surface area contributed by atoms with Crippen molar-refractivity contribution in [3.05, 3.63) is 57.1 Å². The number of para-hydroxylation sites is 1. The molecule has 0 radical (unpaired) electrons. The van der Waals surface area contributed by atoms with Gasteiger partial charge in [0.05, 0.1) is 5.69 Å². The van der Waals surface area contributed by atoms with Gasteiger partial charge in [0.15, 0.2) is 5.69 Å². The molecule has 8 nitrogen and oxygen atoms in total. The molecule has 0 saturated heterocycles. The van der Waals surface area contributed by atoms with Crippen molar-refractivity contribution in [1.82, 2.24) is 24.9 Å². The van der Waals surface area contributed by atoms with Gasteiger partial charge in [-0.3, -0.25) is 9.78 Å². The maximum atomic E-state index is 11.8. The first-order chi connectivity index (χ1) is 9.65. The van der Waals surface area contributed by atoms with Gasteiger partial charge in [-0.05, 0) is 12.1 Å². The summed E-state index contributed by atoms with van der Waals surface area (Å²) < 4.78 is 5.88. The van der Waals surface area contributed by atoms with E-state index >= 15 is 0 Å². The van der Waals surface area contributed by atoms with E-state index in [0.717, 1.165) is 4.68 Å². The van der Waals surface area contributed by atoms with Crippen LogP contribution in [-0.2, 0) is 0 Å². The van der Waals surface area contributed by atoms with Crippen LogP contribution in [0.4, 0.5) is 0 Å². The van der Waals surface area contributed by atoms with E-state index in [1.807, 2.05) is 6.07 Å². The lowest BCUT2D eigenvalue weighted by Gasteiger charge is -2.03. The van der Waals surface area contributed by atoms with E-state index in [4.69, 9.17) is 4.52 Å². The molecule has 8 heteroatoms. The average Bonchev–Trinajstić information content (AvgIpc) is 2.86. The van der Waals surface area contributed by atoms with Crippen molar-refractivity contribution in [2.24, 2.45) is 0 Å². The van der Waals surface area contributed by atoms with E-state index in [1.165, 1.54) is 0 Å². The summed E-state index contributed by atoms with van der Waals surface area (Å²) in [6.45, 7) is 1.60. The summed E-state index contributed by atoms with van der Waals surface area (Å²) in [4.78, 5) is 29.7. The van der Waals surface area contributed by atoms with Crippen molar-refractivity contribution in [2.75, 3.05) is 0 Å². The van der Waals surface area contributed by atoms with Gasteiger partial charge in [-0.1, -0.05) is 23.4 Å². The van der Waals surface area contributed by atoms with Gasteiger partial charge in [-0.25, -0.2) is 4.79 Å². The molecule has 0 aliphatic carbocycles. The van der Waals surface area contributed by atoms with Crippen LogP contribution in [0.25, 0.3) is 17.2 Å². The monoisotopic (exact) mass is 271 g/mol. The molecule has 0 spiro atoms. The molecular formula is C12H9N5O3. The van der Waals surface area contributed by atoms with E-state index in [2.05, 4.69) is 20.2 Å². The second-order valence-electron chi connectivity index (χ2n) is 3.99. The van der Waals surface area contributed by atoms with E-state index < -0.39 is 11.2 Å². The van der Waals surface area contributed by atoms with Gasteiger partial charge >= 0.3 is 5.69 Å². The van der Waals surface area contributed by atoms with Crippen molar-refractivity contribution in [1.29, 1.82) is 0 Å². The van der Waals surface area contributed by atoms with Crippen LogP contribution < -0.4 is 11.2 Å². The van der Waals surface area contributed by atoms with Crippen LogP contribution in [0.15, 0.2) is 44.4 Å². The number of aromatic amines is 1. The fourth-order valence-electron chi connectivity index (χ4n) is 1.69. The Labute approximate surface area is 111 Å². The Kier molecular flexibility index (Phi) is 2.75. The van der Waals surface area contributed by atoms with Crippen LogP contribution in [0.3, 0.4) is 0 Å². The van der Waals surface area contributed by atoms with E-state index in [1.54, 1.807) is 31.2 Å². The fourth-order valence-corrected chi connectivity index (χ4v) is 1.69. The molecule has 2 aromatic heterocycles. The number of hydrogen-bond acceptors (Lipinski definition) is 6. The summed E-state index contributed by atoms with van der Waals surface area (Å²) >= 11 is 0. The third-order valence-corrected chi connectivity index (χ3v) is 2.57. The summed E-state index contributed by atoms with van der Waals surface area (Å²) in [5.41, 5.74) is -0.853. The smallest absolute Gasteiger partial charge is 0.339 e. The van der Waals surface area contributed by atoms with Gasteiger partial charge in [0.25, 0.3) is 5.56 Å². The molecule has 0 atom stereocenters. The number of H-pyrrole nitrogens is 1. The summed E-state index contributed by atoms with van der Waals surface area (Å²) in [6.07, 6.45) is 0. The van der Waals surface area contributed by atoms with Crippen LogP contribution in [0.1, 0.15) is 5.89 Å². The third-order valence-electron chi connectivity index (χ3n) is 2.57. The molecule has 100 valence electrons. The summed E-state index contributed by atoms with van der Waals surface area (Å²) in [5.74, 6) is 0.340. The zero-order chi connectivity index (χ0) is 14.1. The lowest BCUT2D eigenvalue weighted by Crippen LogP contribution is -2.32. The molecule has 0 saturated carbocycles. The van der Waals surface area contributed by atoms with Crippen LogP contribution in [-0.4, -0.2) is 24.9 Å². The van der Waals surface area contributed by atoms with Crippen molar-refractivity contribution < 1.29 is 4.52 Å². The Bertz CT molecular complexity index is 863. The zero-order valence-electron chi connectivity index (χ0n) is 10.4. The number of nitrogens with one attached hydrogen (secondary N) is 1. The lowest BCUT2D eigenvalue weighted by molar-refractivity contribution is 0.394. The van der Waals surface area contributed by atoms with Crippen LogP contribution in [0.5, 0.6) is 0 Å². The highest BCUT2D eigenvalue weighted by Crippen LogP contribution is 2.08. The first kappa shape index (κ1) is 12.0. The number of hydrogen-bond donors (Lipinski definition) is 1. The first-order valence-electron chi connectivity index (χ1n) is 5.75. The molecule has 1 N–H and O–H groups in total. The van der Waals surface area contributed by atoms with Gasteiger partial charge in [-0.15, -0.1) is 0 Å². The minimum absolute atomic E-state index is 0.0356. The molecular weight excluding hydrogens is 262 g/mol. The number of benzene rings is 1. The highest BCUT2D eigenvalue weighted by molar-refractivity contribution is 5.45. The molecule has 0 aliphatic heterocycles. The van der Waals surface area contributed by atoms with E-state index in [0.29, 0.717) is 11.6 Å². The maximum absolute atomic E-state index is 11.8. The largest absolute Gasteiger partial charge is 0.349 e. The maximum Gasteiger partial charge on any atom is 0.349 e. The van der Waals surface area contributed by atoms with Gasteiger partial charge < -0.3 is 4.52 Å². The second kappa shape index (κ2) is 4.57. The Morgan fingerprint density at radius 3 is 2.60 bits per heavy atom. The molecule has 0 bridgehead atoms. The first-order valence-corrected chi connectivity index (χ1v) is 5.75. The molecule has 0 unspecified atom stereocenters. The average molecular weight is 271 g/mol. The second-order valence-corrected chi connectivity index (χ2v) is 3.99. The lowest BCUT2D eigenvalue weighted by atomic mass is 10.3. The fraction of sp³-hybridized carbons (Fsp3) is 0.0833. The van der Waals surface area contributed by atoms with E-state index in [9.17, 15) is 9.59 Å². The molecule has 0 fully saturated rings. The minimum Gasteiger partial charge on any atom is -0.339 e. The third kappa shape index (κ3) is 2.03. The number of rotatable bonds is 2. The minimum atomic E-state index is -0.664. The molecule has 3 rings (SSSR count). The highest BCUT2D eigenvalue weighted by atomic mass is 16.5. The predicted molar refractivity (Wildman–Crippen MR) is 68.5 cm³/mol. The van der Waals surface area contributed by atoms with E-state index in [-0.39, 0.29) is 11.5 Å². The Morgan fingerprint density at radius 2 is 1.95 bits per heavy atom. The topological polar surface area (TPSA) is 107 Å². The molecule has 0 aliphatic rings. The Morgan fingerprint density at radius 1 is 1.20 bits per heavy atom. The van der Waals surface area contributed by atoms with Crippen LogP contribution in [0, 0.1) is 6.92 Å². The molecule has 1 aromatic carbocycles. The van der Waals surface area contributed by atoms with Gasteiger partial charge in [0.2, 0.25) is 11.7 Å². The summed E-state index contributed by atoms with van der Waals surface area (Å²) in [5, 5.41) is 7.63. The molecule has 3 aromatic rings. The van der Waals surface area contributed by atoms with Gasteiger partial charge in [0, 0.05) is 6.92 Å². The number of aromatic nitrogens is 5. The number of aryl methyl sites for hydroxylation is 1. The summed E-state index contributed by atoms with van der Waals surface area (Å²) in [7, 11) is 0. The zero-order valence-corrected chi connectivity index (χ0v) is 10.4. The quantitative estimate of drug-likeness (QED) is 0.717.